The molecule has 0 heterocycles. The first-order valence-electron chi connectivity index (χ1n) is 6.43. The molecule has 2 rings (SSSR count). The summed E-state index contributed by atoms with van der Waals surface area (Å²) in [4.78, 5) is 0. The lowest BCUT2D eigenvalue weighted by molar-refractivity contribution is 0.152. The van der Waals surface area contributed by atoms with Crippen molar-refractivity contribution in [2.75, 3.05) is 11.1 Å². The van der Waals surface area contributed by atoms with Crippen LogP contribution in [0, 0.1) is 11.8 Å². The minimum Gasteiger partial charge on any atom is -0.399 e. The Hall–Kier alpha value is -1.32. The van der Waals surface area contributed by atoms with Gasteiger partial charge < -0.3 is 11.1 Å². The first-order valence-corrected chi connectivity index (χ1v) is 6.43. The molecule has 1 fully saturated rings. The molecular weight excluding hydrogens is 234 g/mol. The standard InChI is InChI=1S/C14H20F2N2/c1-8-3-5-12(9(8)2)18-13-6-4-10(17)7-11(13)14(15)16/h4,6-9,12,14,18H,3,5,17H2,1-2H3. The van der Waals surface area contributed by atoms with E-state index in [9.17, 15) is 8.78 Å². The van der Waals surface area contributed by atoms with Gasteiger partial charge in [0.25, 0.3) is 6.43 Å². The number of alkyl halides is 2. The zero-order valence-electron chi connectivity index (χ0n) is 10.8. The molecule has 1 aromatic rings. The van der Waals surface area contributed by atoms with Crippen molar-refractivity contribution >= 4 is 11.4 Å². The van der Waals surface area contributed by atoms with E-state index < -0.39 is 6.43 Å². The molecule has 0 spiro atoms. The minimum absolute atomic E-state index is 0.00162. The van der Waals surface area contributed by atoms with Gasteiger partial charge in [0.1, 0.15) is 0 Å². The Morgan fingerprint density at radius 2 is 2.00 bits per heavy atom. The fourth-order valence-corrected chi connectivity index (χ4v) is 2.66. The average Bonchev–Trinajstić information content (AvgIpc) is 2.63. The molecule has 3 N–H and O–H groups in total. The number of nitrogens with two attached hydrogens (primary N) is 1. The summed E-state index contributed by atoms with van der Waals surface area (Å²) in [6, 6.07) is 4.96. The Morgan fingerprint density at radius 1 is 1.28 bits per heavy atom. The van der Waals surface area contributed by atoms with Crippen molar-refractivity contribution in [3.63, 3.8) is 0 Å². The summed E-state index contributed by atoms with van der Waals surface area (Å²) in [5.41, 5.74) is 6.46. The van der Waals surface area contributed by atoms with E-state index in [-0.39, 0.29) is 11.6 Å². The van der Waals surface area contributed by atoms with E-state index in [0.29, 0.717) is 23.2 Å². The lowest BCUT2D eigenvalue weighted by Gasteiger charge is -2.22. The smallest absolute Gasteiger partial charge is 0.265 e. The topological polar surface area (TPSA) is 38.0 Å². The second kappa shape index (κ2) is 5.12. The first kappa shape index (κ1) is 13.1. The maximum Gasteiger partial charge on any atom is 0.265 e. The largest absolute Gasteiger partial charge is 0.399 e. The summed E-state index contributed by atoms with van der Waals surface area (Å²) >= 11 is 0. The zero-order chi connectivity index (χ0) is 13.3. The van der Waals surface area contributed by atoms with Gasteiger partial charge >= 0.3 is 0 Å². The van der Waals surface area contributed by atoms with Crippen LogP contribution in [0.5, 0.6) is 0 Å². The quantitative estimate of drug-likeness (QED) is 0.798. The molecule has 100 valence electrons. The van der Waals surface area contributed by atoms with Crippen molar-refractivity contribution < 1.29 is 8.78 Å². The molecule has 1 aliphatic carbocycles. The van der Waals surface area contributed by atoms with Crippen molar-refractivity contribution in [1.29, 1.82) is 0 Å². The molecule has 0 aliphatic heterocycles. The Balaban J connectivity index is 2.19. The van der Waals surface area contributed by atoms with Crippen LogP contribution in [-0.4, -0.2) is 6.04 Å². The van der Waals surface area contributed by atoms with Gasteiger partial charge in [-0.3, -0.25) is 0 Å². The number of nitrogen functional groups attached to an aromatic ring is 1. The molecule has 0 bridgehead atoms. The van der Waals surface area contributed by atoms with Gasteiger partial charge in [0, 0.05) is 23.0 Å². The predicted molar refractivity (Wildman–Crippen MR) is 70.8 cm³/mol. The maximum atomic E-state index is 13.0. The van der Waals surface area contributed by atoms with Gasteiger partial charge in [-0.2, -0.15) is 0 Å². The highest BCUT2D eigenvalue weighted by Gasteiger charge is 2.30. The molecule has 0 saturated heterocycles. The van der Waals surface area contributed by atoms with Gasteiger partial charge in [-0.15, -0.1) is 0 Å². The highest BCUT2D eigenvalue weighted by Crippen LogP contribution is 2.36. The van der Waals surface area contributed by atoms with E-state index >= 15 is 0 Å². The lowest BCUT2D eigenvalue weighted by atomic mass is 9.97. The van der Waals surface area contributed by atoms with Crippen LogP contribution in [0.15, 0.2) is 18.2 Å². The molecule has 0 aromatic heterocycles. The third-order valence-corrected chi connectivity index (χ3v) is 4.12. The number of benzene rings is 1. The van der Waals surface area contributed by atoms with Gasteiger partial charge in [0.05, 0.1) is 0 Å². The highest BCUT2D eigenvalue weighted by molar-refractivity contribution is 5.59. The van der Waals surface area contributed by atoms with E-state index in [1.165, 1.54) is 6.07 Å². The van der Waals surface area contributed by atoms with Gasteiger partial charge in [0.15, 0.2) is 0 Å². The van der Waals surface area contributed by atoms with Gasteiger partial charge in [0.2, 0.25) is 0 Å². The van der Waals surface area contributed by atoms with Gasteiger partial charge in [-0.1, -0.05) is 13.8 Å². The zero-order valence-corrected chi connectivity index (χ0v) is 10.8. The van der Waals surface area contributed by atoms with E-state index in [1.807, 2.05) is 0 Å². The molecule has 18 heavy (non-hydrogen) atoms. The van der Waals surface area contributed by atoms with Crippen molar-refractivity contribution in [2.24, 2.45) is 11.8 Å². The van der Waals surface area contributed by atoms with Crippen LogP contribution < -0.4 is 11.1 Å². The molecular formula is C14H20F2N2. The number of hydrogen-bond donors (Lipinski definition) is 2. The van der Waals surface area contributed by atoms with Crippen LogP contribution in [0.2, 0.25) is 0 Å². The van der Waals surface area contributed by atoms with Gasteiger partial charge in [-0.05, 0) is 42.9 Å². The molecule has 0 amide bonds. The summed E-state index contributed by atoms with van der Waals surface area (Å²) < 4.78 is 25.9. The summed E-state index contributed by atoms with van der Waals surface area (Å²) in [5, 5.41) is 3.26. The van der Waals surface area contributed by atoms with Crippen LogP contribution in [0.3, 0.4) is 0 Å². The molecule has 4 heteroatoms. The summed E-state index contributed by atoms with van der Waals surface area (Å²) in [5.74, 6) is 1.15. The number of anilines is 2. The Bertz CT molecular complexity index is 420. The highest BCUT2D eigenvalue weighted by atomic mass is 19.3. The van der Waals surface area contributed by atoms with E-state index in [2.05, 4.69) is 19.2 Å². The molecule has 1 saturated carbocycles. The van der Waals surface area contributed by atoms with Crippen molar-refractivity contribution in [1.82, 2.24) is 0 Å². The average molecular weight is 254 g/mol. The van der Waals surface area contributed by atoms with Crippen LogP contribution in [0.1, 0.15) is 38.7 Å². The molecule has 3 atom stereocenters. The number of nitrogens with one attached hydrogen (secondary N) is 1. The lowest BCUT2D eigenvalue weighted by Crippen LogP contribution is -2.24. The number of halogens is 2. The molecule has 0 radical (unpaired) electrons. The van der Waals surface area contributed by atoms with E-state index in [0.717, 1.165) is 12.8 Å². The Labute approximate surface area is 107 Å². The third kappa shape index (κ3) is 2.57. The fraction of sp³-hybridized carbons (Fsp3) is 0.571. The third-order valence-electron chi connectivity index (χ3n) is 4.12. The molecule has 1 aromatic carbocycles. The van der Waals surface area contributed by atoms with Crippen LogP contribution in [0.25, 0.3) is 0 Å². The molecule has 2 nitrogen and oxygen atoms in total. The summed E-state index contributed by atoms with van der Waals surface area (Å²) in [6.45, 7) is 4.39. The first-order chi connectivity index (χ1) is 8.49. The predicted octanol–water partition coefficient (Wildman–Crippen LogP) is 4.05. The Kier molecular flexibility index (Phi) is 3.73. The minimum atomic E-state index is -2.50. The van der Waals surface area contributed by atoms with E-state index in [4.69, 9.17) is 5.73 Å². The van der Waals surface area contributed by atoms with Crippen LogP contribution in [0.4, 0.5) is 20.2 Å². The SMILES string of the molecule is CC1CCC(Nc2ccc(N)cc2C(F)F)C1C. The fourth-order valence-electron chi connectivity index (χ4n) is 2.66. The second-order valence-corrected chi connectivity index (χ2v) is 5.31. The van der Waals surface area contributed by atoms with E-state index in [1.54, 1.807) is 12.1 Å². The summed E-state index contributed by atoms with van der Waals surface area (Å²) in [7, 11) is 0. The second-order valence-electron chi connectivity index (χ2n) is 5.31. The normalized spacial score (nSPS) is 27.7. The van der Waals surface area contributed by atoms with Crippen LogP contribution in [-0.2, 0) is 0 Å². The molecule has 3 unspecified atom stereocenters. The molecule has 1 aliphatic rings. The monoisotopic (exact) mass is 254 g/mol. The van der Waals surface area contributed by atoms with Gasteiger partial charge in [-0.25, -0.2) is 8.78 Å². The van der Waals surface area contributed by atoms with Crippen molar-refractivity contribution in [2.45, 2.75) is 39.2 Å². The Morgan fingerprint density at radius 3 is 2.56 bits per heavy atom. The number of hydrogen-bond acceptors (Lipinski definition) is 2. The van der Waals surface area contributed by atoms with Crippen LogP contribution >= 0.6 is 0 Å². The van der Waals surface area contributed by atoms with Crippen molar-refractivity contribution in [3.05, 3.63) is 23.8 Å². The maximum absolute atomic E-state index is 13.0. The number of rotatable bonds is 3. The summed E-state index contributed by atoms with van der Waals surface area (Å²) in [6.07, 6.45) is -0.308. The van der Waals surface area contributed by atoms with Crippen molar-refractivity contribution in [3.8, 4) is 0 Å².